The molecule has 0 unspecified atom stereocenters. The van der Waals surface area contributed by atoms with Crippen molar-refractivity contribution in [2.75, 3.05) is 26.3 Å². The highest BCUT2D eigenvalue weighted by Crippen LogP contribution is 2.64. The quantitative estimate of drug-likeness (QED) is 0.397. The summed E-state index contributed by atoms with van der Waals surface area (Å²) in [5, 5.41) is 5.11. The zero-order valence-electron chi connectivity index (χ0n) is 21.1. The molecule has 7 heteroatoms. The van der Waals surface area contributed by atoms with Crippen LogP contribution >= 0.6 is 0 Å². The fraction of sp³-hybridized carbons (Fsp3) is 0.483. The molecule has 2 aliphatic carbocycles. The van der Waals surface area contributed by atoms with E-state index in [1.54, 1.807) is 0 Å². The van der Waals surface area contributed by atoms with Crippen molar-refractivity contribution in [1.82, 2.24) is 29.2 Å². The molecule has 7 rings (SSSR count). The van der Waals surface area contributed by atoms with Gasteiger partial charge in [-0.1, -0.05) is 6.07 Å². The van der Waals surface area contributed by atoms with Gasteiger partial charge in [0.05, 0.1) is 42.2 Å². The molecule has 186 valence electrons. The van der Waals surface area contributed by atoms with Gasteiger partial charge in [0, 0.05) is 60.9 Å². The van der Waals surface area contributed by atoms with Crippen molar-refractivity contribution in [3.05, 3.63) is 66.4 Å². The predicted molar refractivity (Wildman–Crippen MR) is 140 cm³/mol. The van der Waals surface area contributed by atoms with Gasteiger partial charge in [0.25, 0.3) is 0 Å². The third kappa shape index (κ3) is 3.85. The largest absolute Gasteiger partial charge is 0.379 e. The van der Waals surface area contributed by atoms with Crippen molar-refractivity contribution in [2.45, 2.75) is 51.2 Å². The lowest BCUT2D eigenvalue weighted by Crippen LogP contribution is -2.43. The Balaban J connectivity index is 1.15. The second-order valence-electron chi connectivity index (χ2n) is 11.0. The van der Waals surface area contributed by atoms with Crippen molar-refractivity contribution in [1.29, 1.82) is 0 Å². The number of hydrogen-bond donors (Lipinski definition) is 0. The van der Waals surface area contributed by atoms with E-state index in [9.17, 15) is 0 Å². The van der Waals surface area contributed by atoms with Gasteiger partial charge in [-0.15, -0.1) is 0 Å². The molecule has 7 nitrogen and oxygen atoms in total. The molecule has 1 saturated heterocycles. The van der Waals surface area contributed by atoms with Crippen LogP contribution in [0.1, 0.15) is 50.0 Å². The van der Waals surface area contributed by atoms with Gasteiger partial charge >= 0.3 is 0 Å². The third-order valence-electron chi connectivity index (χ3n) is 8.55. The van der Waals surface area contributed by atoms with Gasteiger partial charge < -0.3 is 9.30 Å². The summed E-state index contributed by atoms with van der Waals surface area (Å²) in [5.41, 5.74) is 6.70. The smallest absolute Gasteiger partial charge is 0.0942 e. The van der Waals surface area contributed by atoms with Crippen LogP contribution in [0.15, 0.2) is 55.0 Å². The molecule has 0 bridgehead atoms. The second-order valence-corrected chi connectivity index (χ2v) is 11.0. The fourth-order valence-corrected chi connectivity index (χ4v) is 6.71. The van der Waals surface area contributed by atoms with E-state index in [2.05, 4.69) is 63.4 Å². The van der Waals surface area contributed by atoms with Crippen LogP contribution in [-0.2, 0) is 11.3 Å². The summed E-state index contributed by atoms with van der Waals surface area (Å²) in [5.74, 6) is 2.25. The van der Waals surface area contributed by atoms with Crippen LogP contribution < -0.4 is 0 Å². The van der Waals surface area contributed by atoms with E-state index in [4.69, 9.17) is 14.8 Å². The molecule has 4 aromatic rings. The summed E-state index contributed by atoms with van der Waals surface area (Å²) >= 11 is 0. The molecule has 3 fully saturated rings. The lowest BCUT2D eigenvalue weighted by molar-refractivity contribution is 0.0151. The van der Waals surface area contributed by atoms with Gasteiger partial charge in [-0.05, 0) is 68.9 Å². The molecule has 1 aliphatic heterocycles. The molecule has 4 atom stereocenters. The first-order valence-corrected chi connectivity index (χ1v) is 13.4. The van der Waals surface area contributed by atoms with Gasteiger partial charge in [-0.25, -0.2) is 0 Å². The van der Waals surface area contributed by atoms with E-state index in [1.807, 2.05) is 24.5 Å². The van der Waals surface area contributed by atoms with Gasteiger partial charge in [-0.2, -0.15) is 5.10 Å². The Kier molecular flexibility index (Phi) is 5.44. The zero-order valence-corrected chi connectivity index (χ0v) is 21.1. The van der Waals surface area contributed by atoms with Crippen molar-refractivity contribution < 1.29 is 4.74 Å². The van der Waals surface area contributed by atoms with Crippen LogP contribution in [0.25, 0.3) is 22.3 Å². The van der Waals surface area contributed by atoms with Crippen molar-refractivity contribution in [2.24, 2.45) is 11.8 Å². The van der Waals surface area contributed by atoms with E-state index in [1.165, 1.54) is 18.5 Å². The van der Waals surface area contributed by atoms with Crippen molar-refractivity contribution in [3.8, 4) is 11.3 Å². The lowest BCUT2D eigenvalue weighted by Gasteiger charge is -2.33. The Hall–Kier alpha value is -3.03. The number of fused-ring (bicyclic) bond motifs is 2. The molecule has 0 amide bonds. The normalized spacial score (nSPS) is 26.1. The number of pyridine rings is 2. The van der Waals surface area contributed by atoms with Gasteiger partial charge in [0.1, 0.15) is 0 Å². The molecular formula is C29H34N6O. The minimum Gasteiger partial charge on any atom is -0.379 e. The second kappa shape index (κ2) is 8.82. The standard InChI is InChI=1S/C29H34N6O/c1-19(2)35-28(29-23-14-22(15-24(23)29)33-9-11-36-12-10-33)16-26(32-35)20-13-27-25(31-17-20)6-8-34(27)18-21-5-3-4-7-30-21/h3-8,13,16-17,19,22-24,29H,9-12,14-15,18H2,1-2H3/t22-,23-,24+,29+. The van der Waals surface area contributed by atoms with Gasteiger partial charge in [0.2, 0.25) is 0 Å². The molecule has 0 N–H and O–H groups in total. The maximum Gasteiger partial charge on any atom is 0.0942 e. The summed E-state index contributed by atoms with van der Waals surface area (Å²) in [6, 6.07) is 13.8. The maximum atomic E-state index is 5.57. The fourth-order valence-electron chi connectivity index (χ4n) is 6.71. The van der Waals surface area contributed by atoms with Crippen molar-refractivity contribution >= 4 is 11.0 Å². The Bertz CT molecular complexity index is 1360. The minimum atomic E-state index is 0.342. The molecule has 2 saturated carbocycles. The molecule has 5 heterocycles. The first kappa shape index (κ1) is 22.2. The Morgan fingerprint density at radius 3 is 2.61 bits per heavy atom. The first-order valence-electron chi connectivity index (χ1n) is 13.4. The highest BCUT2D eigenvalue weighted by molar-refractivity contribution is 5.80. The number of nitrogens with zero attached hydrogens (tertiary/aromatic N) is 6. The number of aromatic nitrogens is 5. The van der Waals surface area contributed by atoms with Crippen LogP contribution in [0.2, 0.25) is 0 Å². The summed E-state index contributed by atoms with van der Waals surface area (Å²) in [6.45, 7) is 9.20. The number of morpholine rings is 1. The average molecular weight is 483 g/mol. The summed E-state index contributed by atoms with van der Waals surface area (Å²) < 4.78 is 10.1. The molecule has 0 spiro atoms. The minimum absolute atomic E-state index is 0.342. The molecular weight excluding hydrogens is 448 g/mol. The highest BCUT2D eigenvalue weighted by atomic mass is 16.5. The molecule has 0 radical (unpaired) electrons. The van der Waals surface area contributed by atoms with Crippen LogP contribution in [0.5, 0.6) is 0 Å². The van der Waals surface area contributed by atoms with Gasteiger partial charge in [0.15, 0.2) is 0 Å². The predicted octanol–water partition coefficient (Wildman–Crippen LogP) is 4.75. The summed E-state index contributed by atoms with van der Waals surface area (Å²) in [4.78, 5) is 11.9. The SMILES string of the molecule is CC(C)n1nc(-c2cnc3ccn(Cc4ccccn4)c3c2)cc1[C@H]1[C@@H]2C[C@@H](N3CCOCC3)C[C@@H]21. The van der Waals surface area contributed by atoms with Crippen LogP contribution in [0.4, 0.5) is 0 Å². The Morgan fingerprint density at radius 2 is 1.86 bits per heavy atom. The Labute approximate surface area is 212 Å². The summed E-state index contributed by atoms with van der Waals surface area (Å²) in [7, 11) is 0. The molecule has 3 aliphatic rings. The lowest BCUT2D eigenvalue weighted by atomic mass is 10.0. The average Bonchev–Trinajstić information content (AvgIpc) is 3.32. The van der Waals surface area contributed by atoms with Crippen LogP contribution in [0, 0.1) is 11.8 Å². The number of rotatable bonds is 6. The molecule has 36 heavy (non-hydrogen) atoms. The topological polar surface area (TPSA) is 61.0 Å². The van der Waals surface area contributed by atoms with E-state index in [0.29, 0.717) is 12.0 Å². The maximum absolute atomic E-state index is 5.57. The monoisotopic (exact) mass is 482 g/mol. The first-order chi connectivity index (χ1) is 17.7. The number of hydrogen-bond acceptors (Lipinski definition) is 5. The van der Waals surface area contributed by atoms with E-state index >= 15 is 0 Å². The van der Waals surface area contributed by atoms with Crippen LogP contribution in [-0.4, -0.2) is 61.6 Å². The van der Waals surface area contributed by atoms with E-state index in [-0.39, 0.29) is 0 Å². The molecule has 0 aromatic carbocycles. The van der Waals surface area contributed by atoms with Gasteiger partial charge in [-0.3, -0.25) is 19.5 Å². The number of ether oxygens (including phenoxy) is 1. The van der Waals surface area contributed by atoms with Crippen molar-refractivity contribution in [3.63, 3.8) is 0 Å². The third-order valence-corrected chi connectivity index (χ3v) is 8.55. The highest BCUT2D eigenvalue weighted by Gasteiger charge is 2.58. The van der Waals surface area contributed by atoms with Crippen LogP contribution in [0.3, 0.4) is 0 Å². The van der Waals surface area contributed by atoms with E-state index < -0.39 is 0 Å². The summed E-state index contributed by atoms with van der Waals surface area (Å²) in [6.07, 6.45) is 8.57. The van der Waals surface area contributed by atoms with E-state index in [0.717, 1.165) is 78.7 Å². The Morgan fingerprint density at radius 1 is 1.03 bits per heavy atom. The zero-order chi connectivity index (χ0) is 24.2. The molecule has 4 aromatic heterocycles.